The van der Waals surface area contributed by atoms with Crippen LogP contribution in [0.15, 0.2) is 30.5 Å². The van der Waals surface area contributed by atoms with Gasteiger partial charge in [-0.2, -0.15) is 4.98 Å². The summed E-state index contributed by atoms with van der Waals surface area (Å²) in [5.74, 6) is 1.11. The fourth-order valence-corrected chi connectivity index (χ4v) is 4.64. The SMILES string of the molecule is N[C@H]1CC[C@H](CNc2nc(NCc3ccccc3N3CCCCC3)ncc2[N+](=O)[O-])CC1. The van der Waals surface area contributed by atoms with Gasteiger partial charge < -0.3 is 21.3 Å². The van der Waals surface area contributed by atoms with Crippen LogP contribution in [-0.2, 0) is 6.54 Å². The Bertz CT molecular complexity index is 909. The van der Waals surface area contributed by atoms with Crippen molar-refractivity contribution in [2.75, 3.05) is 35.2 Å². The van der Waals surface area contributed by atoms with E-state index in [1.54, 1.807) is 0 Å². The van der Waals surface area contributed by atoms with Gasteiger partial charge in [-0.3, -0.25) is 10.1 Å². The summed E-state index contributed by atoms with van der Waals surface area (Å²) in [6.07, 6.45) is 9.08. The Balaban J connectivity index is 1.43. The Labute approximate surface area is 189 Å². The van der Waals surface area contributed by atoms with Crippen LogP contribution in [0.25, 0.3) is 0 Å². The minimum Gasteiger partial charge on any atom is -0.371 e. The van der Waals surface area contributed by atoms with Gasteiger partial charge in [0.15, 0.2) is 0 Å². The highest BCUT2D eigenvalue weighted by Crippen LogP contribution is 2.28. The normalized spacial score (nSPS) is 21.2. The molecule has 1 aromatic carbocycles. The third-order valence-electron chi connectivity index (χ3n) is 6.54. The van der Waals surface area contributed by atoms with Crippen LogP contribution in [0.4, 0.5) is 23.1 Å². The maximum absolute atomic E-state index is 11.5. The summed E-state index contributed by atoms with van der Waals surface area (Å²) in [6.45, 7) is 3.36. The van der Waals surface area contributed by atoms with Crippen molar-refractivity contribution in [2.24, 2.45) is 11.7 Å². The van der Waals surface area contributed by atoms with Crippen LogP contribution in [0.2, 0.25) is 0 Å². The molecular weight excluding hydrogens is 406 g/mol. The topological polar surface area (TPSA) is 122 Å². The van der Waals surface area contributed by atoms with Crippen LogP contribution in [-0.4, -0.2) is 40.6 Å². The Morgan fingerprint density at radius 2 is 1.84 bits per heavy atom. The first kappa shape index (κ1) is 22.3. The molecule has 2 heterocycles. The molecule has 2 aliphatic rings. The number of rotatable bonds is 8. The van der Waals surface area contributed by atoms with Crippen LogP contribution in [0.1, 0.15) is 50.5 Å². The van der Waals surface area contributed by atoms with Gasteiger partial charge in [0, 0.05) is 37.9 Å². The fraction of sp³-hybridized carbons (Fsp3) is 0.565. The molecule has 172 valence electrons. The highest BCUT2D eigenvalue weighted by molar-refractivity contribution is 5.58. The molecule has 0 amide bonds. The minimum atomic E-state index is -0.436. The van der Waals surface area contributed by atoms with Crippen molar-refractivity contribution in [1.29, 1.82) is 0 Å². The maximum atomic E-state index is 11.5. The number of hydrogen-bond donors (Lipinski definition) is 3. The lowest BCUT2D eigenvalue weighted by Gasteiger charge is -2.30. The van der Waals surface area contributed by atoms with Gasteiger partial charge in [0.1, 0.15) is 6.20 Å². The summed E-state index contributed by atoms with van der Waals surface area (Å²) in [6, 6.07) is 8.64. The van der Waals surface area contributed by atoms with E-state index in [0.717, 1.165) is 38.8 Å². The van der Waals surface area contributed by atoms with Crippen molar-refractivity contribution in [3.63, 3.8) is 0 Å². The van der Waals surface area contributed by atoms with E-state index in [-0.39, 0.29) is 17.5 Å². The van der Waals surface area contributed by atoms with Gasteiger partial charge >= 0.3 is 5.69 Å². The van der Waals surface area contributed by atoms with Gasteiger partial charge in [0.2, 0.25) is 11.8 Å². The van der Waals surface area contributed by atoms with Gasteiger partial charge in [-0.15, -0.1) is 0 Å². The third-order valence-corrected chi connectivity index (χ3v) is 6.54. The highest BCUT2D eigenvalue weighted by atomic mass is 16.6. The molecule has 9 nitrogen and oxygen atoms in total. The highest BCUT2D eigenvalue weighted by Gasteiger charge is 2.22. The number of nitrogens with one attached hydrogen (secondary N) is 2. The first-order valence-electron chi connectivity index (χ1n) is 11.7. The second kappa shape index (κ2) is 10.6. The Hall–Kier alpha value is -2.94. The van der Waals surface area contributed by atoms with Crippen LogP contribution in [0.5, 0.6) is 0 Å². The molecule has 32 heavy (non-hydrogen) atoms. The van der Waals surface area contributed by atoms with E-state index in [9.17, 15) is 10.1 Å². The molecule has 1 aliphatic heterocycles. The summed E-state index contributed by atoms with van der Waals surface area (Å²) in [5.41, 5.74) is 8.29. The van der Waals surface area contributed by atoms with Crippen LogP contribution in [0, 0.1) is 16.0 Å². The summed E-state index contributed by atoms with van der Waals surface area (Å²) < 4.78 is 0. The molecule has 1 aromatic heterocycles. The molecule has 4 rings (SSSR count). The largest absolute Gasteiger partial charge is 0.371 e. The minimum absolute atomic E-state index is 0.100. The summed E-state index contributed by atoms with van der Waals surface area (Å²) in [7, 11) is 0. The number of nitro groups is 1. The van der Waals surface area contributed by atoms with E-state index in [1.807, 2.05) is 6.07 Å². The first-order valence-corrected chi connectivity index (χ1v) is 11.7. The number of aromatic nitrogens is 2. The Morgan fingerprint density at radius 1 is 1.09 bits per heavy atom. The van der Waals surface area contributed by atoms with E-state index in [1.165, 1.54) is 36.7 Å². The number of anilines is 3. The van der Waals surface area contributed by atoms with Crippen LogP contribution < -0.4 is 21.3 Å². The number of nitrogens with zero attached hydrogens (tertiary/aromatic N) is 4. The first-order chi connectivity index (χ1) is 15.6. The third kappa shape index (κ3) is 5.64. The van der Waals surface area contributed by atoms with Gasteiger partial charge in [-0.1, -0.05) is 18.2 Å². The zero-order chi connectivity index (χ0) is 22.3. The molecule has 9 heteroatoms. The second-order valence-corrected chi connectivity index (χ2v) is 8.88. The van der Waals surface area contributed by atoms with E-state index < -0.39 is 4.92 Å². The molecule has 1 saturated carbocycles. The van der Waals surface area contributed by atoms with Crippen molar-refractivity contribution in [3.8, 4) is 0 Å². The quantitative estimate of drug-likeness (QED) is 0.418. The maximum Gasteiger partial charge on any atom is 0.329 e. The molecule has 0 atom stereocenters. The van der Waals surface area contributed by atoms with Crippen LogP contribution >= 0.6 is 0 Å². The summed E-state index contributed by atoms with van der Waals surface area (Å²) in [5, 5.41) is 17.9. The molecule has 4 N–H and O–H groups in total. The lowest BCUT2D eigenvalue weighted by Crippen LogP contribution is -2.30. The molecule has 0 unspecified atom stereocenters. The summed E-state index contributed by atoms with van der Waals surface area (Å²) in [4.78, 5) is 22.1. The molecule has 2 aromatic rings. The molecule has 2 fully saturated rings. The smallest absolute Gasteiger partial charge is 0.329 e. The number of benzene rings is 1. The van der Waals surface area contributed by atoms with Crippen molar-refractivity contribution in [2.45, 2.75) is 57.5 Å². The van der Waals surface area contributed by atoms with E-state index in [0.29, 0.717) is 25.0 Å². The molecule has 1 aliphatic carbocycles. The second-order valence-electron chi connectivity index (χ2n) is 8.88. The van der Waals surface area contributed by atoms with Crippen molar-refractivity contribution < 1.29 is 4.92 Å². The molecular formula is C23H33N7O2. The number of para-hydroxylation sites is 1. The Kier molecular flexibility index (Phi) is 7.36. The van der Waals surface area contributed by atoms with Crippen molar-refractivity contribution >= 4 is 23.1 Å². The standard InChI is InChI=1S/C23H33N7O2/c24-19-10-8-17(9-11-19)14-25-22-21(30(31)32)16-27-23(28-22)26-15-18-6-2-3-7-20(18)29-12-4-1-5-13-29/h2-3,6-7,16-17,19H,1,4-5,8-15,24H2,(H2,25,26,27,28)/t17-,19-. The van der Waals surface area contributed by atoms with Crippen molar-refractivity contribution in [3.05, 3.63) is 46.1 Å². The lowest BCUT2D eigenvalue weighted by atomic mass is 9.86. The molecule has 1 saturated heterocycles. The van der Waals surface area contributed by atoms with Gasteiger partial charge in [0.25, 0.3) is 0 Å². The zero-order valence-corrected chi connectivity index (χ0v) is 18.5. The summed E-state index contributed by atoms with van der Waals surface area (Å²) >= 11 is 0. The zero-order valence-electron chi connectivity index (χ0n) is 18.5. The van der Waals surface area contributed by atoms with E-state index in [2.05, 4.69) is 43.7 Å². The fourth-order valence-electron chi connectivity index (χ4n) is 4.64. The molecule has 0 bridgehead atoms. The Morgan fingerprint density at radius 3 is 2.59 bits per heavy atom. The van der Waals surface area contributed by atoms with E-state index in [4.69, 9.17) is 5.73 Å². The average Bonchev–Trinajstić information content (AvgIpc) is 2.83. The number of hydrogen-bond acceptors (Lipinski definition) is 8. The van der Waals surface area contributed by atoms with Gasteiger partial charge in [0.05, 0.1) is 4.92 Å². The number of nitrogens with two attached hydrogens (primary N) is 1. The molecule has 0 radical (unpaired) electrons. The van der Waals surface area contributed by atoms with E-state index >= 15 is 0 Å². The predicted octanol–water partition coefficient (Wildman–Crippen LogP) is 3.92. The average molecular weight is 440 g/mol. The number of piperidine rings is 1. The van der Waals surface area contributed by atoms with Crippen LogP contribution in [0.3, 0.4) is 0 Å². The monoisotopic (exact) mass is 439 g/mol. The molecule has 0 spiro atoms. The van der Waals surface area contributed by atoms with Gasteiger partial charge in [-0.05, 0) is 62.5 Å². The van der Waals surface area contributed by atoms with Gasteiger partial charge in [-0.25, -0.2) is 4.98 Å². The predicted molar refractivity (Wildman–Crippen MR) is 127 cm³/mol. The lowest BCUT2D eigenvalue weighted by molar-refractivity contribution is -0.384. The van der Waals surface area contributed by atoms with Crippen molar-refractivity contribution in [1.82, 2.24) is 9.97 Å².